The molecule has 72 valence electrons. The summed E-state index contributed by atoms with van der Waals surface area (Å²) >= 11 is 0. The Morgan fingerprint density at radius 1 is 0.846 bits per heavy atom. The average molecular weight is 178 g/mol. The topological polar surface area (TPSA) is 17.1 Å². The monoisotopic (exact) mass is 178 g/mol. The molecule has 1 heteroatoms. The fraction of sp³-hybridized carbons (Fsp3) is 0.583. The Kier molecular flexibility index (Phi) is 2.23. The van der Waals surface area contributed by atoms with Gasteiger partial charge in [0.2, 0.25) is 0 Å². The summed E-state index contributed by atoms with van der Waals surface area (Å²) in [6.45, 7) is 12.3. The molecular weight excluding hydrogens is 160 g/mol. The van der Waals surface area contributed by atoms with E-state index in [1.165, 1.54) is 11.1 Å². The van der Waals surface area contributed by atoms with Crippen molar-refractivity contribution in [2.75, 3.05) is 0 Å². The fourth-order valence-electron chi connectivity index (χ4n) is 1.84. The maximum Gasteiger partial charge on any atom is 0.184 e. The van der Waals surface area contributed by atoms with Crippen molar-refractivity contribution in [1.29, 1.82) is 0 Å². The maximum absolute atomic E-state index is 11.7. The third-order valence-electron chi connectivity index (χ3n) is 3.68. The molecule has 0 aromatic rings. The van der Waals surface area contributed by atoms with Crippen molar-refractivity contribution < 1.29 is 4.79 Å². The molecule has 0 aliphatic heterocycles. The van der Waals surface area contributed by atoms with E-state index in [1.54, 1.807) is 0 Å². The zero-order chi connectivity index (χ0) is 10.4. The van der Waals surface area contributed by atoms with Gasteiger partial charge in [0.1, 0.15) is 0 Å². The smallest absolute Gasteiger partial charge is 0.184 e. The van der Waals surface area contributed by atoms with Crippen LogP contribution in [0, 0.1) is 5.41 Å². The lowest BCUT2D eigenvalue weighted by Crippen LogP contribution is -2.26. The van der Waals surface area contributed by atoms with Gasteiger partial charge in [-0.05, 0) is 38.8 Å². The van der Waals surface area contributed by atoms with Crippen molar-refractivity contribution in [3.8, 4) is 0 Å². The molecule has 0 atom stereocenters. The SMILES string of the molecule is CC1=C(C)C(C)(C)C(C)=C(C)C1=O. The van der Waals surface area contributed by atoms with Crippen LogP contribution in [-0.4, -0.2) is 5.78 Å². The van der Waals surface area contributed by atoms with Crippen LogP contribution in [0.1, 0.15) is 41.5 Å². The quantitative estimate of drug-likeness (QED) is 0.556. The van der Waals surface area contributed by atoms with E-state index in [9.17, 15) is 4.79 Å². The molecule has 0 aromatic carbocycles. The zero-order valence-corrected chi connectivity index (χ0v) is 9.41. The van der Waals surface area contributed by atoms with Gasteiger partial charge in [-0.25, -0.2) is 0 Å². The van der Waals surface area contributed by atoms with Crippen LogP contribution in [0.4, 0.5) is 0 Å². The second-order valence-corrected chi connectivity index (χ2v) is 4.45. The van der Waals surface area contributed by atoms with Gasteiger partial charge in [0.15, 0.2) is 5.78 Å². The van der Waals surface area contributed by atoms with Crippen LogP contribution in [-0.2, 0) is 4.79 Å². The van der Waals surface area contributed by atoms with Gasteiger partial charge in [-0.2, -0.15) is 0 Å². The zero-order valence-electron chi connectivity index (χ0n) is 9.41. The number of hydrogen-bond acceptors (Lipinski definition) is 1. The van der Waals surface area contributed by atoms with E-state index in [0.717, 1.165) is 11.1 Å². The molecule has 0 saturated carbocycles. The lowest BCUT2D eigenvalue weighted by molar-refractivity contribution is -0.112. The average Bonchev–Trinajstić information content (AvgIpc) is 2.09. The Hall–Kier alpha value is -0.850. The van der Waals surface area contributed by atoms with Crippen LogP contribution in [0.2, 0.25) is 0 Å². The van der Waals surface area contributed by atoms with Crippen LogP contribution in [0.3, 0.4) is 0 Å². The van der Waals surface area contributed by atoms with Gasteiger partial charge in [0, 0.05) is 5.41 Å². The highest BCUT2D eigenvalue weighted by molar-refractivity contribution is 6.09. The molecule has 1 aliphatic rings. The number of ketones is 1. The number of rotatable bonds is 0. The van der Waals surface area contributed by atoms with Gasteiger partial charge in [0.25, 0.3) is 0 Å². The summed E-state index contributed by atoms with van der Waals surface area (Å²) in [5.74, 6) is 0.217. The van der Waals surface area contributed by atoms with E-state index in [0.29, 0.717) is 0 Å². The van der Waals surface area contributed by atoms with Crippen LogP contribution < -0.4 is 0 Å². The van der Waals surface area contributed by atoms with Crippen molar-refractivity contribution >= 4 is 5.78 Å². The highest BCUT2D eigenvalue weighted by Gasteiger charge is 2.32. The molecule has 0 bridgehead atoms. The first kappa shape index (κ1) is 10.2. The molecular formula is C12H18O. The Morgan fingerprint density at radius 2 is 1.15 bits per heavy atom. The van der Waals surface area contributed by atoms with E-state index in [1.807, 2.05) is 13.8 Å². The molecule has 1 rings (SSSR count). The molecule has 0 fully saturated rings. The Labute approximate surface area is 80.5 Å². The Balaban J connectivity index is 3.39. The van der Waals surface area contributed by atoms with Crippen LogP contribution in [0.5, 0.6) is 0 Å². The van der Waals surface area contributed by atoms with Gasteiger partial charge >= 0.3 is 0 Å². The van der Waals surface area contributed by atoms with Crippen LogP contribution in [0.15, 0.2) is 22.3 Å². The lowest BCUT2D eigenvalue weighted by Gasteiger charge is -2.34. The standard InChI is InChI=1S/C12H18O/c1-7-9(3)12(5,6)10(4)8(2)11(7)13/h1-6H3. The summed E-state index contributed by atoms with van der Waals surface area (Å²) < 4.78 is 0. The molecule has 0 radical (unpaired) electrons. The molecule has 0 spiro atoms. The largest absolute Gasteiger partial charge is 0.289 e. The summed E-state index contributed by atoms with van der Waals surface area (Å²) in [5.41, 5.74) is 4.32. The van der Waals surface area contributed by atoms with Crippen molar-refractivity contribution in [2.45, 2.75) is 41.5 Å². The lowest BCUT2D eigenvalue weighted by atomic mass is 9.70. The third-order valence-corrected chi connectivity index (χ3v) is 3.68. The normalized spacial score (nSPS) is 22.8. The van der Waals surface area contributed by atoms with E-state index >= 15 is 0 Å². The van der Waals surface area contributed by atoms with E-state index in [2.05, 4.69) is 27.7 Å². The molecule has 1 aliphatic carbocycles. The van der Waals surface area contributed by atoms with E-state index < -0.39 is 0 Å². The number of carbonyl (C=O) groups excluding carboxylic acids is 1. The predicted molar refractivity (Wildman–Crippen MR) is 55.5 cm³/mol. The first-order valence-electron chi connectivity index (χ1n) is 4.70. The minimum atomic E-state index is 0.0576. The number of allylic oxidation sites excluding steroid dienone is 4. The fourth-order valence-corrected chi connectivity index (χ4v) is 1.84. The Bertz CT molecular complexity index is 297. The molecule has 0 amide bonds. The van der Waals surface area contributed by atoms with E-state index in [-0.39, 0.29) is 11.2 Å². The van der Waals surface area contributed by atoms with Crippen molar-refractivity contribution in [2.24, 2.45) is 5.41 Å². The highest BCUT2D eigenvalue weighted by Crippen LogP contribution is 2.41. The molecule has 0 N–H and O–H groups in total. The minimum Gasteiger partial charge on any atom is -0.289 e. The molecule has 1 nitrogen and oxygen atoms in total. The van der Waals surface area contributed by atoms with E-state index in [4.69, 9.17) is 0 Å². The van der Waals surface area contributed by atoms with Gasteiger partial charge in [-0.1, -0.05) is 25.0 Å². The summed E-state index contributed by atoms with van der Waals surface area (Å²) in [6, 6.07) is 0. The van der Waals surface area contributed by atoms with Crippen molar-refractivity contribution in [3.05, 3.63) is 22.3 Å². The molecule has 0 heterocycles. The minimum absolute atomic E-state index is 0.0576. The van der Waals surface area contributed by atoms with Gasteiger partial charge in [0.05, 0.1) is 0 Å². The maximum atomic E-state index is 11.7. The number of carbonyl (C=O) groups is 1. The number of hydrogen-bond donors (Lipinski definition) is 0. The predicted octanol–water partition coefficient (Wildman–Crippen LogP) is 3.27. The third kappa shape index (κ3) is 1.27. The Morgan fingerprint density at radius 3 is 1.46 bits per heavy atom. The van der Waals surface area contributed by atoms with Crippen LogP contribution in [0.25, 0.3) is 0 Å². The molecule has 13 heavy (non-hydrogen) atoms. The van der Waals surface area contributed by atoms with Gasteiger partial charge in [-0.15, -0.1) is 0 Å². The van der Waals surface area contributed by atoms with Crippen LogP contribution >= 0.6 is 0 Å². The molecule has 0 unspecified atom stereocenters. The van der Waals surface area contributed by atoms with Gasteiger partial charge in [-0.3, -0.25) is 4.79 Å². The van der Waals surface area contributed by atoms with Gasteiger partial charge < -0.3 is 0 Å². The first-order chi connectivity index (χ1) is 5.80. The molecule has 0 saturated heterocycles. The summed E-state index contributed by atoms with van der Waals surface area (Å²) in [7, 11) is 0. The molecule has 0 aromatic heterocycles. The van der Waals surface area contributed by atoms with Crippen molar-refractivity contribution in [1.82, 2.24) is 0 Å². The number of Topliss-reactive ketones (excluding diaryl/α,β-unsaturated/α-hetero) is 1. The second kappa shape index (κ2) is 2.83. The highest BCUT2D eigenvalue weighted by atomic mass is 16.1. The second-order valence-electron chi connectivity index (χ2n) is 4.45. The first-order valence-corrected chi connectivity index (χ1v) is 4.70. The summed E-state index contributed by atoms with van der Waals surface area (Å²) in [6.07, 6.45) is 0. The van der Waals surface area contributed by atoms with Crippen molar-refractivity contribution in [3.63, 3.8) is 0 Å². The summed E-state index contributed by atoms with van der Waals surface area (Å²) in [4.78, 5) is 11.7. The summed E-state index contributed by atoms with van der Waals surface area (Å²) in [5, 5.41) is 0.